The Morgan fingerprint density at radius 3 is 2.44 bits per heavy atom. The lowest BCUT2D eigenvalue weighted by Crippen LogP contribution is -2.27. The summed E-state index contributed by atoms with van der Waals surface area (Å²) < 4.78 is 27.8. The van der Waals surface area contributed by atoms with Gasteiger partial charge >= 0.3 is 0 Å². The molecule has 0 radical (unpaired) electrons. The number of sulfonamides is 1. The molecule has 0 saturated heterocycles. The van der Waals surface area contributed by atoms with Crippen molar-refractivity contribution in [3.63, 3.8) is 0 Å². The molecule has 2 N–H and O–H groups in total. The molecule has 0 aliphatic rings. The Morgan fingerprint density at radius 2 is 1.83 bits per heavy atom. The average Bonchev–Trinajstić information content (AvgIpc) is 2.29. The summed E-state index contributed by atoms with van der Waals surface area (Å²) in [6.07, 6.45) is 0.768. The zero-order valence-corrected chi connectivity index (χ0v) is 13.3. The molecule has 0 fully saturated rings. The van der Waals surface area contributed by atoms with E-state index in [4.69, 9.17) is 0 Å². The fourth-order valence-corrected chi connectivity index (χ4v) is 3.43. The van der Waals surface area contributed by atoms with Crippen molar-refractivity contribution in [2.75, 3.05) is 20.1 Å². The van der Waals surface area contributed by atoms with Gasteiger partial charge in [0.25, 0.3) is 0 Å². The minimum Gasteiger partial charge on any atom is -0.320 e. The number of hydrogen-bond acceptors (Lipinski definition) is 3. The maximum absolute atomic E-state index is 12.1. The van der Waals surface area contributed by atoms with Gasteiger partial charge in [-0.25, -0.2) is 13.1 Å². The monoisotopic (exact) mass is 334 g/mol. The van der Waals surface area contributed by atoms with Crippen molar-refractivity contribution in [2.24, 2.45) is 0 Å². The third kappa shape index (κ3) is 4.05. The van der Waals surface area contributed by atoms with E-state index in [1.54, 1.807) is 13.0 Å². The SMILES string of the molecule is CNCCCNS(=O)(=O)c1cc(C)c(Br)cc1C. The highest BCUT2D eigenvalue weighted by Gasteiger charge is 2.17. The van der Waals surface area contributed by atoms with Crippen molar-refractivity contribution in [3.05, 3.63) is 27.7 Å². The molecule has 0 atom stereocenters. The lowest BCUT2D eigenvalue weighted by molar-refractivity contribution is 0.576. The second-order valence-electron chi connectivity index (χ2n) is 4.22. The number of aryl methyl sites for hydroxylation is 2. The molecule has 0 amide bonds. The zero-order chi connectivity index (χ0) is 13.8. The number of rotatable bonds is 6. The van der Waals surface area contributed by atoms with E-state index in [1.165, 1.54) is 0 Å². The van der Waals surface area contributed by atoms with E-state index in [9.17, 15) is 8.42 Å². The molecule has 0 aromatic heterocycles. The first kappa shape index (κ1) is 15.6. The van der Waals surface area contributed by atoms with Crippen LogP contribution >= 0.6 is 15.9 Å². The Bertz CT molecular complexity index is 515. The van der Waals surface area contributed by atoms with Gasteiger partial charge in [-0.3, -0.25) is 0 Å². The van der Waals surface area contributed by atoms with E-state index in [0.717, 1.165) is 28.6 Å². The van der Waals surface area contributed by atoms with Crippen molar-refractivity contribution in [1.29, 1.82) is 0 Å². The molecule has 0 bridgehead atoms. The molecule has 0 saturated carbocycles. The Kier molecular flexibility index (Phi) is 5.78. The molecule has 1 rings (SSSR count). The Morgan fingerprint density at radius 1 is 1.17 bits per heavy atom. The molecule has 6 heteroatoms. The van der Waals surface area contributed by atoms with Gasteiger partial charge in [-0.05, 0) is 57.1 Å². The minimum absolute atomic E-state index is 0.354. The zero-order valence-electron chi connectivity index (χ0n) is 10.9. The molecule has 0 aliphatic heterocycles. The second kappa shape index (κ2) is 6.65. The van der Waals surface area contributed by atoms with E-state index >= 15 is 0 Å². The summed E-state index contributed by atoms with van der Waals surface area (Å²) in [5.41, 5.74) is 1.66. The molecule has 0 spiro atoms. The van der Waals surface area contributed by atoms with Gasteiger partial charge in [0, 0.05) is 11.0 Å². The predicted octanol–water partition coefficient (Wildman–Crippen LogP) is 1.95. The molecular formula is C12H19BrN2O2S. The molecule has 0 unspecified atom stereocenters. The molecule has 18 heavy (non-hydrogen) atoms. The van der Waals surface area contributed by atoms with Crippen molar-refractivity contribution >= 4 is 26.0 Å². The van der Waals surface area contributed by atoms with E-state index in [1.807, 2.05) is 20.0 Å². The Labute approximate surface area is 117 Å². The molecule has 102 valence electrons. The topological polar surface area (TPSA) is 58.2 Å². The highest BCUT2D eigenvalue weighted by molar-refractivity contribution is 9.10. The van der Waals surface area contributed by atoms with Crippen LogP contribution in [0.1, 0.15) is 17.5 Å². The highest BCUT2D eigenvalue weighted by atomic mass is 79.9. The van der Waals surface area contributed by atoms with Crippen LogP contribution in [0.4, 0.5) is 0 Å². The first-order valence-electron chi connectivity index (χ1n) is 5.79. The van der Waals surface area contributed by atoms with Gasteiger partial charge in [-0.15, -0.1) is 0 Å². The second-order valence-corrected chi connectivity index (χ2v) is 6.81. The third-order valence-electron chi connectivity index (χ3n) is 2.64. The normalized spacial score (nSPS) is 11.8. The van der Waals surface area contributed by atoms with Crippen molar-refractivity contribution in [2.45, 2.75) is 25.2 Å². The van der Waals surface area contributed by atoms with Crippen molar-refractivity contribution < 1.29 is 8.42 Å². The Hall–Kier alpha value is -0.430. The summed E-state index contributed by atoms with van der Waals surface area (Å²) in [5, 5.41) is 2.98. The van der Waals surface area contributed by atoms with Gasteiger partial charge in [0.2, 0.25) is 10.0 Å². The van der Waals surface area contributed by atoms with Gasteiger partial charge < -0.3 is 5.32 Å². The lowest BCUT2D eigenvalue weighted by Gasteiger charge is -2.11. The van der Waals surface area contributed by atoms with E-state index < -0.39 is 10.0 Å². The van der Waals surface area contributed by atoms with Crippen molar-refractivity contribution in [1.82, 2.24) is 10.0 Å². The first-order chi connectivity index (χ1) is 8.38. The number of nitrogens with one attached hydrogen (secondary N) is 2. The maximum atomic E-state index is 12.1. The van der Waals surface area contributed by atoms with Crippen LogP contribution in [-0.4, -0.2) is 28.6 Å². The lowest BCUT2D eigenvalue weighted by atomic mass is 10.2. The van der Waals surface area contributed by atoms with E-state index in [0.29, 0.717) is 11.4 Å². The van der Waals surface area contributed by atoms with E-state index in [2.05, 4.69) is 26.0 Å². The van der Waals surface area contributed by atoms with Gasteiger partial charge in [-0.2, -0.15) is 0 Å². The number of halogens is 1. The Balaban J connectivity index is 2.88. The summed E-state index contributed by atoms with van der Waals surface area (Å²) in [5.74, 6) is 0. The van der Waals surface area contributed by atoms with Gasteiger partial charge in [0.15, 0.2) is 0 Å². The van der Waals surface area contributed by atoms with Crippen LogP contribution in [0.15, 0.2) is 21.5 Å². The number of benzene rings is 1. The molecule has 0 aliphatic carbocycles. The summed E-state index contributed by atoms with van der Waals surface area (Å²) in [6.45, 7) is 4.91. The smallest absolute Gasteiger partial charge is 0.240 e. The quantitative estimate of drug-likeness (QED) is 0.782. The van der Waals surface area contributed by atoms with Gasteiger partial charge in [-0.1, -0.05) is 15.9 Å². The van der Waals surface area contributed by atoms with E-state index in [-0.39, 0.29) is 0 Å². The maximum Gasteiger partial charge on any atom is 0.240 e. The molecule has 1 aromatic rings. The molecular weight excluding hydrogens is 316 g/mol. The van der Waals surface area contributed by atoms with Crippen molar-refractivity contribution in [3.8, 4) is 0 Å². The summed E-state index contributed by atoms with van der Waals surface area (Å²) >= 11 is 3.40. The first-order valence-corrected chi connectivity index (χ1v) is 8.07. The summed E-state index contributed by atoms with van der Waals surface area (Å²) in [7, 11) is -1.57. The molecule has 4 nitrogen and oxygen atoms in total. The standard InChI is InChI=1S/C12H19BrN2O2S/c1-9-8-12(10(2)7-11(9)13)18(16,17)15-6-4-5-14-3/h7-8,14-15H,4-6H2,1-3H3. The van der Waals surface area contributed by atoms with Gasteiger partial charge in [0.05, 0.1) is 4.90 Å². The van der Waals surface area contributed by atoms with Crippen LogP contribution in [0.3, 0.4) is 0 Å². The van der Waals surface area contributed by atoms with Crippen LogP contribution in [-0.2, 0) is 10.0 Å². The minimum atomic E-state index is -3.41. The highest BCUT2D eigenvalue weighted by Crippen LogP contribution is 2.24. The van der Waals surface area contributed by atoms with Crippen LogP contribution in [0.2, 0.25) is 0 Å². The molecule has 0 heterocycles. The van der Waals surface area contributed by atoms with Crippen LogP contribution < -0.4 is 10.0 Å². The number of hydrogen-bond donors (Lipinski definition) is 2. The third-order valence-corrected chi connectivity index (χ3v) is 5.10. The molecule has 1 aromatic carbocycles. The van der Waals surface area contributed by atoms with Crippen LogP contribution in [0.25, 0.3) is 0 Å². The van der Waals surface area contributed by atoms with Crippen LogP contribution in [0.5, 0.6) is 0 Å². The summed E-state index contributed by atoms with van der Waals surface area (Å²) in [4.78, 5) is 0.354. The summed E-state index contributed by atoms with van der Waals surface area (Å²) in [6, 6.07) is 3.53. The fourth-order valence-electron chi connectivity index (χ4n) is 1.59. The fraction of sp³-hybridized carbons (Fsp3) is 0.500. The predicted molar refractivity (Wildman–Crippen MR) is 77.3 cm³/mol. The average molecular weight is 335 g/mol. The largest absolute Gasteiger partial charge is 0.320 e. The van der Waals surface area contributed by atoms with Gasteiger partial charge in [0.1, 0.15) is 0 Å². The van der Waals surface area contributed by atoms with Crippen LogP contribution in [0, 0.1) is 13.8 Å².